The highest BCUT2D eigenvalue weighted by Gasteiger charge is 2.10. The SMILES string of the molecule is O=C(CCBr)c1cc(Br)ccc1F. The predicted octanol–water partition coefficient (Wildman–Crippen LogP) is 3.56. The molecule has 0 aromatic heterocycles. The van der Waals surface area contributed by atoms with E-state index in [-0.39, 0.29) is 11.3 Å². The molecule has 0 bridgehead atoms. The molecular formula is C9H7Br2FO. The molecule has 4 heteroatoms. The molecule has 0 atom stereocenters. The maximum atomic E-state index is 13.1. The standard InChI is InChI=1S/C9H7Br2FO/c10-4-3-9(13)7-5-6(11)1-2-8(7)12/h1-2,5H,3-4H2. The zero-order valence-electron chi connectivity index (χ0n) is 6.69. The van der Waals surface area contributed by atoms with E-state index in [1.807, 2.05) is 0 Å². The van der Waals surface area contributed by atoms with Crippen molar-refractivity contribution in [1.82, 2.24) is 0 Å². The van der Waals surface area contributed by atoms with Crippen molar-refractivity contribution in [2.45, 2.75) is 6.42 Å². The lowest BCUT2D eigenvalue weighted by Crippen LogP contribution is -2.02. The molecule has 13 heavy (non-hydrogen) atoms. The van der Waals surface area contributed by atoms with Gasteiger partial charge in [-0.15, -0.1) is 0 Å². The summed E-state index contributed by atoms with van der Waals surface area (Å²) in [6, 6.07) is 4.35. The number of hydrogen-bond acceptors (Lipinski definition) is 1. The average molecular weight is 310 g/mol. The first-order valence-electron chi connectivity index (χ1n) is 3.69. The van der Waals surface area contributed by atoms with Crippen LogP contribution in [0.4, 0.5) is 4.39 Å². The molecule has 0 fully saturated rings. The first-order valence-corrected chi connectivity index (χ1v) is 5.61. The number of rotatable bonds is 3. The zero-order valence-corrected chi connectivity index (χ0v) is 9.86. The van der Waals surface area contributed by atoms with Gasteiger partial charge in [-0.3, -0.25) is 4.79 Å². The molecule has 0 saturated heterocycles. The average Bonchev–Trinajstić information content (AvgIpc) is 2.09. The Hall–Kier alpha value is -0.220. The summed E-state index contributed by atoms with van der Waals surface area (Å²) in [6.45, 7) is 0. The van der Waals surface area contributed by atoms with Crippen molar-refractivity contribution in [1.29, 1.82) is 0 Å². The summed E-state index contributed by atoms with van der Waals surface area (Å²) in [7, 11) is 0. The van der Waals surface area contributed by atoms with Gasteiger partial charge in [0.05, 0.1) is 5.56 Å². The maximum Gasteiger partial charge on any atom is 0.166 e. The Morgan fingerprint density at radius 2 is 2.15 bits per heavy atom. The normalized spacial score (nSPS) is 10.1. The zero-order chi connectivity index (χ0) is 9.84. The summed E-state index contributed by atoms with van der Waals surface area (Å²) < 4.78 is 13.8. The topological polar surface area (TPSA) is 17.1 Å². The van der Waals surface area contributed by atoms with E-state index >= 15 is 0 Å². The number of halogens is 3. The van der Waals surface area contributed by atoms with Gasteiger partial charge in [0.15, 0.2) is 5.78 Å². The second-order valence-corrected chi connectivity index (χ2v) is 4.20. The number of alkyl halides is 1. The van der Waals surface area contributed by atoms with Crippen molar-refractivity contribution < 1.29 is 9.18 Å². The molecule has 0 spiro atoms. The molecule has 0 unspecified atom stereocenters. The smallest absolute Gasteiger partial charge is 0.166 e. The van der Waals surface area contributed by atoms with E-state index in [4.69, 9.17) is 0 Å². The van der Waals surface area contributed by atoms with Gasteiger partial charge >= 0.3 is 0 Å². The van der Waals surface area contributed by atoms with E-state index in [2.05, 4.69) is 31.9 Å². The first-order chi connectivity index (χ1) is 6.15. The molecule has 0 heterocycles. The summed E-state index contributed by atoms with van der Waals surface area (Å²) in [4.78, 5) is 11.3. The minimum Gasteiger partial charge on any atom is -0.294 e. The Bertz CT molecular complexity index is 325. The summed E-state index contributed by atoms with van der Waals surface area (Å²) in [5.41, 5.74) is 0.147. The van der Waals surface area contributed by atoms with Crippen LogP contribution in [0, 0.1) is 5.82 Å². The Kier molecular flexibility index (Phi) is 4.06. The highest BCUT2D eigenvalue weighted by molar-refractivity contribution is 9.10. The van der Waals surface area contributed by atoms with Crippen molar-refractivity contribution >= 4 is 37.6 Å². The summed E-state index contributed by atoms with van der Waals surface area (Å²) in [5, 5.41) is 0.553. The van der Waals surface area contributed by atoms with Crippen LogP contribution in [0.1, 0.15) is 16.8 Å². The molecule has 0 radical (unpaired) electrons. The van der Waals surface area contributed by atoms with Gasteiger partial charge in [0.25, 0.3) is 0 Å². The fourth-order valence-electron chi connectivity index (χ4n) is 0.932. The van der Waals surface area contributed by atoms with Gasteiger partial charge < -0.3 is 0 Å². The molecule has 1 aromatic carbocycles. The van der Waals surface area contributed by atoms with Crippen molar-refractivity contribution in [2.24, 2.45) is 0 Å². The molecule has 0 saturated carbocycles. The molecule has 1 rings (SSSR count). The lowest BCUT2D eigenvalue weighted by Gasteiger charge is -2.00. The van der Waals surface area contributed by atoms with Gasteiger partial charge in [-0.25, -0.2) is 4.39 Å². The van der Waals surface area contributed by atoms with E-state index in [0.717, 1.165) is 0 Å². The molecule has 0 aliphatic rings. The third-order valence-electron chi connectivity index (χ3n) is 1.55. The lowest BCUT2D eigenvalue weighted by atomic mass is 10.1. The van der Waals surface area contributed by atoms with Crippen LogP contribution < -0.4 is 0 Å². The van der Waals surface area contributed by atoms with E-state index in [0.29, 0.717) is 16.2 Å². The number of carbonyl (C=O) groups is 1. The van der Waals surface area contributed by atoms with Gasteiger partial charge in [0.1, 0.15) is 5.82 Å². The fourth-order valence-corrected chi connectivity index (χ4v) is 1.65. The van der Waals surface area contributed by atoms with Crippen LogP contribution in [0.3, 0.4) is 0 Å². The molecule has 0 aliphatic heterocycles. The van der Waals surface area contributed by atoms with Crippen molar-refractivity contribution in [3.8, 4) is 0 Å². The van der Waals surface area contributed by atoms with Crippen LogP contribution >= 0.6 is 31.9 Å². The Balaban J connectivity index is 2.99. The number of ketones is 1. The van der Waals surface area contributed by atoms with E-state index < -0.39 is 5.82 Å². The Labute approximate surface area is 92.6 Å². The van der Waals surface area contributed by atoms with Gasteiger partial charge in [0.2, 0.25) is 0 Å². The summed E-state index contributed by atoms with van der Waals surface area (Å²) in [6.07, 6.45) is 0.313. The molecule has 0 N–H and O–H groups in total. The van der Waals surface area contributed by atoms with Gasteiger partial charge in [-0.1, -0.05) is 31.9 Å². The highest BCUT2D eigenvalue weighted by atomic mass is 79.9. The number of carbonyl (C=O) groups excluding carboxylic acids is 1. The third-order valence-corrected chi connectivity index (χ3v) is 2.44. The van der Waals surface area contributed by atoms with Crippen LogP contribution in [0.2, 0.25) is 0 Å². The van der Waals surface area contributed by atoms with E-state index in [1.165, 1.54) is 12.1 Å². The van der Waals surface area contributed by atoms with Crippen LogP contribution in [-0.4, -0.2) is 11.1 Å². The lowest BCUT2D eigenvalue weighted by molar-refractivity contribution is 0.0986. The highest BCUT2D eigenvalue weighted by Crippen LogP contribution is 2.17. The maximum absolute atomic E-state index is 13.1. The van der Waals surface area contributed by atoms with Gasteiger partial charge in [-0.2, -0.15) is 0 Å². The second kappa shape index (κ2) is 4.86. The number of Topliss-reactive ketones (excluding diaryl/α,β-unsaturated/α-hetero) is 1. The Morgan fingerprint density at radius 3 is 2.77 bits per heavy atom. The predicted molar refractivity (Wildman–Crippen MR) is 56.8 cm³/mol. The largest absolute Gasteiger partial charge is 0.294 e. The second-order valence-electron chi connectivity index (χ2n) is 2.49. The van der Waals surface area contributed by atoms with Crippen LogP contribution in [0.5, 0.6) is 0 Å². The van der Waals surface area contributed by atoms with Gasteiger partial charge in [0, 0.05) is 16.2 Å². The van der Waals surface area contributed by atoms with Crippen molar-refractivity contribution in [3.63, 3.8) is 0 Å². The van der Waals surface area contributed by atoms with Crippen molar-refractivity contribution in [3.05, 3.63) is 34.1 Å². The van der Waals surface area contributed by atoms with E-state index in [9.17, 15) is 9.18 Å². The minimum absolute atomic E-state index is 0.147. The molecule has 0 aliphatic carbocycles. The number of benzene rings is 1. The Morgan fingerprint density at radius 1 is 1.46 bits per heavy atom. The van der Waals surface area contributed by atoms with Gasteiger partial charge in [-0.05, 0) is 18.2 Å². The monoisotopic (exact) mass is 308 g/mol. The van der Waals surface area contributed by atoms with Crippen molar-refractivity contribution in [2.75, 3.05) is 5.33 Å². The molecule has 70 valence electrons. The van der Waals surface area contributed by atoms with E-state index in [1.54, 1.807) is 6.07 Å². The van der Waals surface area contributed by atoms with Crippen LogP contribution in [-0.2, 0) is 0 Å². The summed E-state index contributed by atoms with van der Waals surface area (Å²) >= 11 is 6.32. The molecule has 1 nitrogen and oxygen atoms in total. The fraction of sp³-hybridized carbons (Fsp3) is 0.222. The molecular weight excluding hydrogens is 303 g/mol. The quantitative estimate of drug-likeness (QED) is 0.616. The summed E-state index contributed by atoms with van der Waals surface area (Å²) in [5.74, 6) is -0.648. The molecule has 0 amide bonds. The first kappa shape index (κ1) is 10.9. The van der Waals surface area contributed by atoms with Crippen LogP contribution in [0.15, 0.2) is 22.7 Å². The third kappa shape index (κ3) is 2.88. The minimum atomic E-state index is -0.464. The number of hydrogen-bond donors (Lipinski definition) is 0. The van der Waals surface area contributed by atoms with Crippen LogP contribution in [0.25, 0.3) is 0 Å². The molecule has 1 aromatic rings.